The number of hydrogen-bond donors (Lipinski definition) is 1. The van der Waals surface area contributed by atoms with E-state index in [0.717, 1.165) is 5.56 Å². The lowest BCUT2D eigenvalue weighted by molar-refractivity contribution is 0.0925. The van der Waals surface area contributed by atoms with Gasteiger partial charge in [-0.15, -0.1) is 0 Å². The third-order valence-electron chi connectivity index (χ3n) is 4.54. The molecule has 3 aromatic rings. The van der Waals surface area contributed by atoms with Crippen LogP contribution in [0.4, 0.5) is 11.4 Å². The van der Waals surface area contributed by atoms with Gasteiger partial charge in [0.1, 0.15) is 0 Å². The maximum Gasteiger partial charge on any atom is 0.266 e. The van der Waals surface area contributed by atoms with Crippen molar-refractivity contribution in [1.82, 2.24) is 0 Å². The molecule has 1 N–H and O–H groups in total. The van der Waals surface area contributed by atoms with Crippen LogP contribution in [0.2, 0.25) is 0 Å². The van der Waals surface area contributed by atoms with Crippen molar-refractivity contribution < 1.29 is 14.4 Å². The second-order valence-corrected chi connectivity index (χ2v) is 6.31. The smallest absolute Gasteiger partial charge is 0.266 e. The van der Waals surface area contributed by atoms with Gasteiger partial charge in [0.25, 0.3) is 17.7 Å². The minimum Gasteiger partial charge on any atom is -0.322 e. The summed E-state index contributed by atoms with van der Waals surface area (Å²) in [6, 6.07) is 20.8. The summed E-state index contributed by atoms with van der Waals surface area (Å²) in [7, 11) is 0. The van der Waals surface area contributed by atoms with E-state index >= 15 is 0 Å². The number of para-hydroxylation sites is 2. The Kier molecular flexibility index (Phi) is 4.05. The molecule has 3 amide bonds. The molecule has 4 rings (SSSR count). The summed E-state index contributed by atoms with van der Waals surface area (Å²) >= 11 is 0. The summed E-state index contributed by atoms with van der Waals surface area (Å²) in [5.41, 5.74) is 2.91. The van der Waals surface area contributed by atoms with Crippen molar-refractivity contribution in [1.29, 1.82) is 0 Å². The SMILES string of the molecule is Cc1ccccc1N1C(=O)c2ccc(C(=O)Nc3ccccc3)cc2C1=O. The first kappa shape index (κ1) is 16.7. The molecule has 0 saturated heterocycles. The number of amides is 3. The molecule has 0 saturated carbocycles. The van der Waals surface area contributed by atoms with Crippen LogP contribution in [0.5, 0.6) is 0 Å². The van der Waals surface area contributed by atoms with E-state index < -0.39 is 5.91 Å². The molecule has 0 spiro atoms. The minimum atomic E-state index is -0.418. The molecule has 0 atom stereocenters. The number of carbonyl (C=O) groups is 3. The zero-order chi connectivity index (χ0) is 19.0. The van der Waals surface area contributed by atoms with E-state index in [4.69, 9.17) is 0 Å². The number of benzene rings is 3. The van der Waals surface area contributed by atoms with Gasteiger partial charge in [0.2, 0.25) is 0 Å². The van der Waals surface area contributed by atoms with Gasteiger partial charge in [0, 0.05) is 11.3 Å². The number of rotatable bonds is 3. The van der Waals surface area contributed by atoms with Gasteiger partial charge < -0.3 is 5.32 Å². The fraction of sp³-hybridized carbons (Fsp3) is 0.0455. The van der Waals surface area contributed by atoms with E-state index in [1.54, 1.807) is 30.3 Å². The Morgan fingerprint density at radius 3 is 2.22 bits per heavy atom. The van der Waals surface area contributed by atoms with Crippen molar-refractivity contribution in [3.63, 3.8) is 0 Å². The zero-order valence-corrected chi connectivity index (χ0v) is 14.6. The summed E-state index contributed by atoms with van der Waals surface area (Å²) in [5, 5.41) is 2.78. The third-order valence-corrected chi connectivity index (χ3v) is 4.54. The lowest BCUT2D eigenvalue weighted by Crippen LogP contribution is -2.29. The van der Waals surface area contributed by atoms with Crippen molar-refractivity contribution in [3.8, 4) is 0 Å². The number of nitrogens with one attached hydrogen (secondary N) is 1. The van der Waals surface area contributed by atoms with E-state index in [0.29, 0.717) is 22.5 Å². The van der Waals surface area contributed by atoms with Gasteiger partial charge in [-0.25, -0.2) is 4.90 Å². The summed E-state index contributed by atoms with van der Waals surface area (Å²) in [6.07, 6.45) is 0. The molecule has 1 aliphatic rings. The second kappa shape index (κ2) is 6.53. The molecule has 0 radical (unpaired) electrons. The number of fused-ring (bicyclic) bond motifs is 1. The topological polar surface area (TPSA) is 66.5 Å². The van der Waals surface area contributed by atoms with Crippen molar-refractivity contribution in [2.75, 3.05) is 10.2 Å². The molecular formula is C22H16N2O3. The monoisotopic (exact) mass is 356 g/mol. The van der Waals surface area contributed by atoms with E-state index in [-0.39, 0.29) is 17.4 Å². The number of hydrogen-bond acceptors (Lipinski definition) is 3. The molecule has 0 unspecified atom stereocenters. The van der Waals surface area contributed by atoms with Crippen LogP contribution < -0.4 is 10.2 Å². The number of carbonyl (C=O) groups excluding carboxylic acids is 3. The van der Waals surface area contributed by atoms with Gasteiger partial charge in [-0.2, -0.15) is 0 Å². The normalized spacial score (nSPS) is 12.9. The van der Waals surface area contributed by atoms with Crippen LogP contribution >= 0.6 is 0 Å². The maximum atomic E-state index is 12.9. The Morgan fingerprint density at radius 2 is 1.48 bits per heavy atom. The van der Waals surface area contributed by atoms with Gasteiger partial charge in [0.05, 0.1) is 16.8 Å². The van der Waals surface area contributed by atoms with Crippen LogP contribution in [-0.2, 0) is 0 Å². The zero-order valence-electron chi connectivity index (χ0n) is 14.6. The molecule has 1 heterocycles. The first-order chi connectivity index (χ1) is 13.1. The molecule has 0 fully saturated rings. The highest BCUT2D eigenvalue weighted by Gasteiger charge is 2.37. The molecule has 1 aliphatic heterocycles. The highest BCUT2D eigenvalue weighted by Crippen LogP contribution is 2.31. The van der Waals surface area contributed by atoms with Crippen LogP contribution in [-0.4, -0.2) is 17.7 Å². The minimum absolute atomic E-state index is 0.240. The number of nitrogens with zero attached hydrogens (tertiary/aromatic N) is 1. The molecule has 27 heavy (non-hydrogen) atoms. The van der Waals surface area contributed by atoms with Crippen LogP contribution in [0.25, 0.3) is 0 Å². The molecule has 132 valence electrons. The van der Waals surface area contributed by atoms with Crippen molar-refractivity contribution in [2.45, 2.75) is 6.92 Å². The molecule has 0 bridgehead atoms. The lowest BCUT2D eigenvalue weighted by Gasteiger charge is -2.16. The molecular weight excluding hydrogens is 340 g/mol. The third kappa shape index (κ3) is 2.89. The van der Waals surface area contributed by atoms with Crippen LogP contribution in [0.15, 0.2) is 72.8 Å². The summed E-state index contributed by atoms with van der Waals surface area (Å²) in [6.45, 7) is 1.84. The average molecular weight is 356 g/mol. The number of aryl methyl sites for hydroxylation is 1. The van der Waals surface area contributed by atoms with Crippen molar-refractivity contribution in [3.05, 3.63) is 95.1 Å². The Bertz CT molecular complexity index is 1070. The summed E-state index contributed by atoms with van der Waals surface area (Å²) in [5.74, 6) is -1.13. The second-order valence-electron chi connectivity index (χ2n) is 6.31. The Hall–Kier alpha value is -3.73. The lowest BCUT2D eigenvalue weighted by atomic mass is 10.1. The van der Waals surface area contributed by atoms with Gasteiger partial charge in [-0.3, -0.25) is 14.4 Å². The summed E-state index contributed by atoms with van der Waals surface area (Å²) in [4.78, 5) is 39.3. The molecule has 5 heteroatoms. The quantitative estimate of drug-likeness (QED) is 0.720. The number of imide groups is 1. The van der Waals surface area contributed by atoms with Crippen molar-refractivity contribution in [2.24, 2.45) is 0 Å². The largest absolute Gasteiger partial charge is 0.322 e. The van der Waals surface area contributed by atoms with E-state index in [1.807, 2.05) is 37.3 Å². The standard InChI is InChI=1S/C22H16N2O3/c1-14-7-5-6-10-19(14)24-21(26)17-12-11-15(13-18(17)22(24)27)20(25)23-16-8-3-2-4-9-16/h2-13H,1H3,(H,23,25). The van der Waals surface area contributed by atoms with Gasteiger partial charge in [0.15, 0.2) is 0 Å². The van der Waals surface area contributed by atoms with Gasteiger partial charge in [-0.05, 0) is 48.9 Å². The van der Waals surface area contributed by atoms with E-state index in [9.17, 15) is 14.4 Å². The Morgan fingerprint density at radius 1 is 0.815 bits per heavy atom. The van der Waals surface area contributed by atoms with Crippen molar-refractivity contribution >= 4 is 29.1 Å². The fourth-order valence-electron chi connectivity index (χ4n) is 3.14. The summed E-state index contributed by atoms with van der Waals surface area (Å²) < 4.78 is 0. The van der Waals surface area contributed by atoms with Gasteiger partial charge in [-0.1, -0.05) is 36.4 Å². The van der Waals surface area contributed by atoms with Gasteiger partial charge >= 0.3 is 0 Å². The number of anilines is 2. The Balaban J connectivity index is 1.67. The first-order valence-electron chi connectivity index (χ1n) is 8.51. The highest BCUT2D eigenvalue weighted by atomic mass is 16.2. The molecule has 0 aromatic heterocycles. The molecule has 0 aliphatic carbocycles. The molecule has 3 aromatic carbocycles. The van der Waals surface area contributed by atoms with E-state index in [1.165, 1.54) is 17.0 Å². The van der Waals surface area contributed by atoms with Crippen LogP contribution in [0.3, 0.4) is 0 Å². The van der Waals surface area contributed by atoms with E-state index in [2.05, 4.69) is 5.32 Å². The molecule has 5 nitrogen and oxygen atoms in total. The maximum absolute atomic E-state index is 12.9. The fourth-order valence-corrected chi connectivity index (χ4v) is 3.14. The highest BCUT2D eigenvalue weighted by molar-refractivity contribution is 6.35. The first-order valence-corrected chi connectivity index (χ1v) is 8.51. The predicted molar refractivity (Wildman–Crippen MR) is 103 cm³/mol. The Labute approximate surface area is 156 Å². The van der Waals surface area contributed by atoms with Crippen LogP contribution in [0.1, 0.15) is 36.6 Å². The van der Waals surface area contributed by atoms with Crippen LogP contribution in [0, 0.1) is 6.92 Å². The average Bonchev–Trinajstić information content (AvgIpc) is 2.93. The predicted octanol–water partition coefficient (Wildman–Crippen LogP) is 4.05.